The molecule has 0 aromatic carbocycles. The maximum Gasteiger partial charge on any atom is 0.322 e. The van der Waals surface area contributed by atoms with E-state index < -0.39 is 0 Å². The van der Waals surface area contributed by atoms with Gasteiger partial charge < -0.3 is 14.8 Å². The highest BCUT2D eigenvalue weighted by atomic mass is 16.5. The fourth-order valence-corrected chi connectivity index (χ4v) is 1.65. The van der Waals surface area contributed by atoms with Crippen LogP contribution in [0.15, 0.2) is 0 Å². The summed E-state index contributed by atoms with van der Waals surface area (Å²) in [6.45, 7) is 4.19. The van der Waals surface area contributed by atoms with Crippen molar-refractivity contribution in [1.82, 2.24) is 5.32 Å². The standard InChI is InChI=1S/C12H23NO3/c1-3-13-11(12(14)15-2)7-9-16-8-6-10-4-5-10/h10-11,13H,3-9H2,1-2H3. The van der Waals surface area contributed by atoms with Gasteiger partial charge in [-0.1, -0.05) is 19.8 Å². The molecule has 16 heavy (non-hydrogen) atoms. The average molecular weight is 229 g/mol. The fraction of sp³-hybridized carbons (Fsp3) is 0.917. The summed E-state index contributed by atoms with van der Waals surface area (Å²) < 4.78 is 10.2. The Balaban J connectivity index is 2.03. The van der Waals surface area contributed by atoms with Crippen LogP contribution in [0.25, 0.3) is 0 Å². The lowest BCUT2D eigenvalue weighted by molar-refractivity contribution is -0.143. The van der Waals surface area contributed by atoms with Gasteiger partial charge in [-0.05, 0) is 25.3 Å². The highest BCUT2D eigenvalue weighted by Gasteiger charge is 2.21. The van der Waals surface area contributed by atoms with Crippen LogP contribution in [0.3, 0.4) is 0 Å². The summed E-state index contributed by atoms with van der Waals surface area (Å²) in [5.41, 5.74) is 0. The lowest BCUT2D eigenvalue weighted by Gasteiger charge is -2.15. The van der Waals surface area contributed by atoms with Crippen molar-refractivity contribution >= 4 is 5.97 Å². The Morgan fingerprint density at radius 1 is 1.44 bits per heavy atom. The third-order valence-corrected chi connectivity index (χ3v) is 2.85. The zero-order valence-electron chi connectivity index (χ0n) is 10.3. The van der Waals surface area contributed by atoms with Gasteiger partial charge in [0.2, 0.25) is 0 Å². The highest BCUT2D eigenvalue weighted by Crippen LogP contribution is 2.32. The van der Waals surface area contributed by atoms with Gasteiger partial charge in [0.15, 0.2) is 0 Å². The second-order valence-electron chi connectivity index (χ2n) is 4.27. The molecule has 0 saturated heterocycles. The first-order valence-electron chi connectivity index (χ1n) is 6.16. The molecule has 94 valence electrons. The second-order valence-corrected chi connectivity index (χ2v) is 4.27. The molecule has 4 nitrogen and oxygen atoms in total. The number of hydrogen-bond acceptors (Lipinski definition) is 4. The molecule has 0 amide bonds. The Hall–Kier alpha value is -0.610. The number of esters is 1. The average Bonchev–Trinajstić information content (AvgIpc) is 3.10. The van der Waals surface area contributed by atoms with Crippen LogP contribution < -0.4 is 5.32 Å². The number of nitrogens with one attached hydrogen (secondary N) is 1. The summed E-state index contributed by atoms with van der Waals surface area (Å²) in [6, 6.07) is -0.226. The van der Waals surface area contributed by atoms with Crippen LogP contribution in [-0.4, -0.2) is 38.9 Å². The predicted molar refractivity (Wildman–Crippen MR) is 62.3 cm³/mol. The van der Waals surface area contributed by atoms with E-state index in [0.29, 0.717) is 13.0 Å². The largest absolute Gasteiger partial charge is 0.468 e. The summed E-state index contributed by atoms with van der Waals surface area (Å²) in [4.78, 5) is 11.3. The number of likely N-dealkylation sites (N-methyl/N-ethyl adjacent to an activating group) is 1. The van der Waals surface area contributed by atoms with Crippen molar-refractivity contribution in [3.63, 3.8) is 0 Å². The Bertz CT molecular complexity index is 204. The van der Waals surface area contributed by atoms with Crippen LogP contribution >= 0.6 is 0 Å². The Morgan fingerprint density at radius 3 is 2.75 bits per heavy atom. The third-order valence-electron chi connectivity index (χ3n) is 2.85. The van der Waals surface area contributed by atoms with Gasteiger partial charge in [0.05, 0.1) is 7.11 Å². The molecule has 1 saturated carbocycles. The molecule has 1 N–H and O–H groups in total. The maximum absolute atomic E-state index is 11.3. The van der Waals surface area contributed by atoms with Crippen molar-refractivity contribution in [2.45, 2.75) is 38.6 Å². The first kappa shape index (κ1) is 13.5. The van der Waals surface area contributed by atoms with E-state index in [4.69, 9.17) is 9.47 Å². The summed E-state index contributed by atoms with van der Waals surface area (Å²) in [7, 11) is 1.42. The summed E-state index contributed by atoms with van der Waals surface area (Å²) in [5, 5.41) is 3.09. The van der Waals surface area contributed by atoms with Gasteiger partial charge in [-0.3, -0.25) is 4.79 Å². The Kier molecular flexibility index (Phi) is 6.42. The number of rotatable bonds is 9. The molecule has 0 aromatic rings. The zero-order valence-corrected chi connectivity index (χ0v) is 10.3. The molecule has 1 aliphatic carbocycles. The van der Waals surface area contributed by atoms with Gasteiger partial charge in [-0.15, -0.1) is 0 Å². The molecular formula is C12H23NO3. The van der Waals surface area contributed by atoms with E-state index >= 15 is 0 Å². The minimum absolute atomic E-state index is 0.201. The van der Waals surface area contributed by atoms with Gasteiger partial charge in [0.25, 0.3) is 0 Å². The molecule has 1 rings (SSSR count). The van der Waals surface area contributed by atoms with E-state index in [9.17, 15) is 4.79 Å². The van der Waals surface area contributed by atoms with E-state index in [1.54, 1.807) is 0 Å². The summed E-state index contributed by atoms with van der Waals surface area (Å²) in [6.07, 6.45) is 4.59. The Morgan fingerprint density at radius 2 is 2.19 bits per heavy atom. The van der Waals surface area contributed by atoms with Gasteiger partial charge in [0.1, 0.15) is 6.04 Å². The maximum atomic E-state index is 11.3. The summed E-state index contributed by atoms with van der Waals surface area (Å²) in [5.74, 6) is 0.706. The minimum Gasteiger partial charge on any atom is -0.468 e. The van der Waals surface area contributed by atoms with Crippen LogP contribution in [0.4, 0.5) is 0 Å². The van der Waals surface area contributed by atoms with Crippen molar-refractivity contribution in [1.29, 1.82) is 0 Å². The van der Waals surface area contributed by atoms with Gasteiger partial charge in [-0.25, -0.2) is 0 Å². The normalized spacial score (nSPS) is 17.1. The van der Waals surface area contributed by atoms with E-state index in [1.165, 1.54) is 26.4 Å². The minimum atomic E-state index is -0.226. The monoisotopic (exact) mass is 229 g/mol. The number of carbonyl (C=O) groups is 1. The predicted octanol–water partition coefficient (Wildman–Crippen LogP) is 1.34. The molecule has 0 aliphatic heterocycles. The van der Waals surface area contributed by atoms with E-state index in [-0.39, 0.29) is 12.0 Å². The molecule has 0 aromatic heterocycles. The molecule has 1 atom stereocenters. The number of methoxy groups -OCH3 is 1. The topological polar surface area (TPSA) is 47.6 Å². The third kappa shape index (κ3) is 5.47. The lowest BCUT2D eigenvalue weighted by Crippen LogP contribution is -2.38. The number of hydrogen-bond donors (Lipinski definition) is 1. The molecule has 0 radical (unpaired) electrons. The van der Waals surface area contributed by atoms with E-state index in [0.717, 1.165) is 19.1 Å². The molecule has 1 unspecified atom stereocenters. The van der Waals surface area contributed by atoms with E-state index in [2.05, 4.69) is 5.32 Å². The quantitative estimate of drug-likeness (QED) is 0.479. The molecule has 1 fully saturated rings. The molecule has 4 heteroatoms. The SMILES string of the molecule is CCNC(CCOCCC1CC1)C(=O)OC. The Labute approximate surface area is 97.7 Å². The van der Waals surface area contributed by atoms with Gasteiger partial charge in [-0.2, -0.15) is 0 Å². The van der Waals surface area contributed by atoms with Crippen molar-refractivity contribution in [2.24, 2.45) is 5.92 Å². The van der Waals surface area contributed by atoms with Crippen molar-refractivity contribution in [3.05, 3.63) is 0 Å². The molecular weight excluding hydrogens is 206 g/mol. The number of carbonyl (C=O) groups excluding carboxylic acids is 1. The molecule has 0 heterocycles. The second kappa shape index (κ2) is 7.63. The van der Waals surface area contributed by atoms with E-state index in [1.807, 2.05) is 6.92 Å². The van der Waals surface area contributed by atoms with Crippen LogP contribution in [0.1, 0.15) is 32.6 Å². The van der Waals surface area contributed by atoms with Crippen molar-refractivity contribution < 1.29 is 14.3 Å². The van der Waals surface area contributed by atoms with Gasteiger partial charge >= 0.3 is 5.97 Å². The molecule has 1 aliphatic rings. The smallest absolute Gasteiger partial charge is 0.322 e. The van der Waals surface area contributed by atoms with Crippen LogP contribution in [-0.2, 0) is 14.3 Å². The van der Waals surface area contributed by atoms with Gasteiger partial charge in [0, 0.05) is 13.2 Å². The number of ether oxygens (including phenoxy) is 2. The zero-order chi connectivity index (χ0) is 11.8. The molecule has 0 bridgehead atoms. The molecule has 0 spiro atoms. The lowest BCUT2D eigenvalue weighted by atomic mass is 10.2. The van der Waals surface area contributed by atoms with Crippen LogP contribution in [0, 0.1) is 5.92 Å². The van der Waals surface area contributed by atoms with Crippen molar-refractivity contribution in [2.75, 3.05) is 26.9 Å². The van der Waals surface area contributed by atoms with Crippen LogP contribution in [0.5, 0.6) is 0 Å². The van der Waals surface area contributed by atoms with Crippen molar-refractivity contribution in [3.8, 4) is 0 Å². The highest BCUT2D eigenvalue weighted by molar-refractivity contribution is 5.75. The summed E-state index contributed by atoms with van der Waals surface area (Å²) >= 11 is 0. The van der Waals surface area contributed by atoms with Crippen LogP contribution in [0.2, 0.25) is 0 Å². The first-order chi connectivity index (χ1) is 7.77. The fourth-order valence-electron chi connectivity index (χ4n) is 1.65. The first-order valence-corrected chi connectivity index (χ1v) is 6.16.